The van der Waals surface area contributed by atoms with Gasteiger partial charge in [0.2, 0.25) is 5.88 Å². The first-order valence-corrected chi connectivity index (χ1v) is 6.18. The molecule has 0 aliphatic heterocycles. The first-order chi connectivity index (χ1) is 8.06. The van der Waals surface area contributed by atoms with E-state index in [-0.39, 0.29) is 12.0 Å². The molecule has 1 rings (SSSR count). The van der Waals surface area contributed by atoms with E-state index in [0.29, 0.717) is 24.2 Å². The third kappa shape index (κ3) is 4.13. The summed E-state index contributed by atoms with van der Waals surface area (Å²) in [5, 5.41) is 0.452. The van der Waals surface area contributed by atoms with Crippen LogP contribution in [0.4, 0.5) is 0 Å². The fourth-order valence-corrected chi connectivity index (χ4v) is 1.79. The Morgan fingerprint density at radius 1 is 1.29 bits per heavy atom. The average Bonchev–Trinajstić information content (AvgIpc) is 2.25. The van der Waals surface area contributed by atoms with Crippen molar-refractivity contribution in [1.29, 1.82) is 0 Å². The van der Waals surface area contributed by atoms with Crippen LogP contribution >= 0.6 is 11.6 Å². The zero-order valence-electron chi connectivity index (χ0n) is 10.7. The topological polar surface area (TPSA) is 44.2 Å². The van der Waals surface area contributed by atoms with Crippen LogP contribution in [0, 0.1) is 0 Å². The minimum atomic E-state index is -0.0570. The summed E-state index contributed by atoms with van der Waals surface area (Å²) >= 11 is 6.05. The summed E-state index contributed by atoms with van der Waals surface area (Å²) in [7, 11) is 0. The van der Waals surface area contributed by atoms with Crippen LogP contribution in [-0.2, 0) is 4.74 Å². The lowest BCUT2D eigenvalue weighted by Crippen LogP contribution is -2.20. The van der Waals surface area contributed by atoms with E-state index in [9.17, 15) is 0 Å². The first-order valence-electron chi connectivity index (χ1n) is 5.81. The molecule has 1 heterocycles. The molecule has 1 aromatic rings. The Hall–Kier alpha value is -0.870. The van der Waals surface area contributed by atoms with Crippen molar-refractivity contribution in [2.24, 2.45) is 0 Å². The molecule has 0 saturated carbocycles. The normalized spacial score (nSPS) is 12.8. The van der Waals surface area contributed by atoms with Crippen molar-refractivity contribution < 1.29 is 9.47 Å². The van der Waals surface area contributed by atoms with Gasteiger partial charge < -0.3 is 9.47 Å². The lowest BCUT2D eigenvalue weighted by Gasteiger charge is -2.18. The van der Waals surface area contributed by atoms with Gasteiger partial charge in [-0.3, -0.25) is 0 Å². The Morgan fingerprint density at radius 2 is 2.00 bits per heavy atom. The van der Waals surface area contributed by atoms with Crippen LogP contribution in [0.5, 0.6) is 5.88 Å². The van der Waals surface area contributed by atoms with Crippen molar-refractivity contribution in [1.82, 2.24) is 9.97 Å². The Kier molecular flexibility index (Phi) is 5.65. The molecule has 0 aromatic carbocycles. The van der Waals surface area contributed by atoms with Gasteiger partial charge in [-0.05, 0) is 19.8 Å². The maximum atomic E-state index is 6.05. The Bertz CT molecular complexity index is 358. The van der Waals surface area contributed by atoms with Crippen LogP contribution in [0.2, 0.25) is 5.15 Å². The van der Waals surface area contributed by atoms with Crippen LogP contribution in [0.25, 0.3) is 0 Å². The number of hydrogen-bond donors (Lipinski definition) is 0. The summed E-state index contributed by atoms with van der Waals surface area (Å²) in [5.74, 6) is 0.769. The molecule has 0 amide bonds. The van der Waals surface area contributed by atoms with Crippen molar-refractivity contribution in [2.45, 2.75) is 39.7 Å². The van der Waals surface area contributed by atoms with Crippen LogP contribution in [0.3, 0.4) is 0 Å². The van der Waals surface area contributed by atoms with Gasteiger partial charge in [0, 0.05) is 6.61 Å². The number of hydrogen-bond acceptors (Lipinski definition) is 4. The van der Waals surface area contributed by atoms with E-state index >= 15 is 0 Å². The van der Waals surface area contributed by atoms with Gasteiger partial charge in [0.1, 0.15) is 17.6 Å². The standard InChI is InChI=1S/C12H19ClN2O2/c1-5-16-6-9(4)17-12-10(8(2)3)11(13)14-7-15-12/h7-9H,5-6H2,1-4H3. The second kappa shape index (κ2) is 6.77. The maximum Gasteiger partial charge on any atom is 0.221 e. The second-order valence-corrected chi connectivity index (χ2v) is 4.48. The van der Waals surface area contributed by atoms with E-state index < -0.39 is 0 Å². The highest BCUT2D eigenvalue weighted by atomic mass is 35.5. The van der Waals surface area contributed by atoms with E-state index in [2.05, 4.69) is 9.97 Å². The molecular weight excluding hydrogens is 240 g/mol. The average molecular weight is 259 g/mol. The molecule has 1 unspecified atom stereocenters. The molecule has 96 valence electrons. The highest BCUT2D eigenvalue weighted by Gasteiger charge is 2.16. The summed E-state index contributed by atoms with van der Waals surface area (Å²) in [6.07, 6.45) is 1.36. The van der Waals surface area contributed by atoms with Gasteiger partial charge in [0.25, 0.3) is 0 Å². The Balaban J connectivity index is 2.79. The van der Waals surface area contributed by atoms with E-state index in [1.165, 1.54) is 6.33 Å². The fourth-order valence-electron chi connectivity index (χ4n) is 1.45. The molecule has 0 N–H and O–H groups in total. The monoisotopic (exact) mass is 258 g/mol. The molecule has 1 atom stereocenters. The van der Waals surface area contributed by atoms with Gasteiger partial charge in [0.15, 0.2) is 0 Å². The third-order valence-corrected chi connectivity index (χ3v) is 2.55. The van der Waals surface area contributed by atoms with Crippen LogP contribution in [0.1, 0.15) is 39.2 Å². The van der Waals surface area contributed by atoms with Crippen molar-refractivity contribution in [3.8, 4) is 5.88 Å². The quantitative estimate of drug-likeness (QED) is 0.736. The number of rotatable bonds is 6. The van der Waals surface area contributed by atoms with Gasteiger partial charge in [0.05, 0.1) is 12.2 Å². The predicted octanol–water partition coefficient (Wildman–Crippen LogP) is 3.06. The van der Waals surface area contributed by atoms with Crippen LogP contribution < -0.4 is 4.74 Å². The van der Waals surface area contributed by atoms with Gasteiger partial charge in [-0.15, -0.1) is 0 Å². The lowest BCUT2D eigenvalue weighted by atomic mass is 10.1. The van der Waals surface area contributed by atoms with Gasteiger partial charge in [-0.1, -0.05) is 25.4 Å². The second-order valence-electron chi connectivity index (χ2n) is 4.13. The number of halogens is 1. The smallest absolute Gasteiger partial charge is 0.221 e. The Labute approximate surface area is 107 Å². The minimum absolute atomic E-state index is 0.0570. The summed E-state index contributed by atoms with van der Waals surface area (Å²) in [6.45, 7) is 9.17. The summed E-state index contributed by atoms with van der Waals surface area (Å²) < 4.78 is 11.0. The Morgan fingerprint density at radius 3 is 2.59 bits per heavy atom. The van der Waals surface area contributed by atoms with Crippen molar-refractivity contribution >= 4 is 11.6 Å². The molecule has 0 saturated heterocycles. The number of ether oxygens (including phenoxy) is 2. The largest absolute Gasteiger partial charge is 0.472 e. The minimum Gasteiger partial charge on any atom is -0.472 e. The lowest BCUT2D eigenvalue weighted by molar-refractivity contribution is 0.0626. The summed E-state index contributed by atoms with van der Waals surface area (Å²) in [6, 6.07) is 0. The van der Waals surface area contributed by atoms with Gasteiger partial charge in [-0.2, -0.15) is 0 Å². The zero-order chi connectivity index (χ0) is 12.8. The van der Waals surface area contributed by atoms with Gasteiger partial charge in [-0.25, -0.2) is 9.97 Å². The van der Waals surface area contributed by atoms with Crippen molar-refractivity contribution in [2.75, 3.05) is 13.2 Å². The van der Waals surface area contributed by atoms with Crippen molar-refractivity contribution in [3.63, 3.8) is 0 Å². The molecule has 17 heavy (non-hydrogen) atoms. The highest BCUT2D eigenvalue weighted by molar-refractivity contribution is 6.30. The zero-order valence-corrected chi connectivity index (χ0v) is 11.5. The van der Waals surface area contributed by atoms with Gasteiger partial charge >= 0.3 is 0 Å². The summed E-state index contributed by atoms with van der Waals surface area (Å²) in [4.78, 5) is 8.11. The van der Waals surface area contributed by atoms with Crippen molar-refractivity contribution in [3.05, 3.63) is 17.0 Å². The molecule has 1 aromatic heterocycles. The number of aromatic nitrogens is 2. The molecular formula is C12H19ClN2O2. The molecule has 0 fully saturated rings. The molecule has 0 aliphatic rings. The molecule has 0 radical (unpaired) electrons. The first kappa shape index (κ1) is 14.2. The van der Waals surface area contributed by atoms with E-state index in [1.807, 2.05) is 27.7 Å². The van der Waals surface area contributed by atoms with E-state index in [4.69, 9.17) is 21.1 Å². The number of nitrogens with zero attached hydrogens (tertiary/aromatic N) is 2. The molecule has 0 spiro atoms. The molecule has 0 bridgehead atoms. The van der Waals surface area contributed by atoms with Crippen LogP contribution in [0.15, 0.2) is 6.33 Å². The predicted molar refractivity (Wildman–Crippen MR) is 67.7 cm³/mol. The van der Waals surface area contributed by atoms with E-state index in [1.54, 1.807) is 0 Å². The fraction of sp³-hybridized carbons (Fsp3) is 0.667. The van der Waals surface area contributed by atoms with Crippen LogP contribution in [-0.4, -0.2) is 29.3 Å². The van der Waals surface area contributed by atoms with E-state index in [0.717, 1.165) is 5.56 Å². The molecule has 0 aliphatic carbocycles. The third-order valence-electron chi connectivity index (χ3n) is 2.25. The molecule has 4 nitrogen and oxygen atoms in total. The molecule has 5 heteroatoms. The highest BCUT2D eigenvalue weighted by Crippen LogP contribution is 2.30. The summed E-state index contributed by atoms with van der Waals surface area (Å²) in [5.41, 5.74) is 0.845. The maximum absolute atomic E-state index is 6.05. The SMILES string of the molecule is CCOCC(C)Oc1ncnc(Cl)c1C(C)C.